The Morgan fingerprint density at radius 2 is 1.94 bits per heavy atom. The van der Waals surface area contributed by atoms with E-state index in [1.54, 1.807) is 0 Å². The molecule has 0 spiro atoms. The fourth-order valence-electron chi connectivity index (χ4n) is 2.98. The number of ether oxygens (including phenoxy) is 1. The molecule has 2 fully saturated rings. The van der Waals surface area contributed by atoms with E-state index in [-0.39, 0.29) is 0 Å². The molecule has 18 heavy (non-hydrogen) atoms. The normalized spacial score (nSPS) is 29.3. The van der Waals surface area contributed by atoms with Gasteiger partial charge in [-0.25, -0.2) is 0 Å². The summed E-state index contributed by atoms with van der Waals surface area (Å²) >= 11 is 0. The van der Waals surface area contributed by atoms with Crippen molar-refractivity contribution < 1.29 is 4.74 Å². The van der Waals surface area contributed by atoms with Gasteiger partial charge in [-0.2, -0.15) is 0 Å². The summed E-state index contributed by atoms with van der Waals surface area (Å²) in [7, 11) is 0. The van der Waals surface area contributed by atoms with Crippen LogP contribution >= 0.6 is 0 Å². The summed E-state index contributed by atoms with van der Waals surface area (Å²) in [5, 5.41) is 0. The van der Waals surface area contributed by atoms with Gasteiger partial charge in [-0.05, 0) is 44.8 Å². The minimum absolute atomic E-state index is 0.500. The predicted octanol–water partition coefficient (Wildman–Crippen LogP) is 0.768. The van der Waals surface area contributed by atoms with Crippen molar-refractivity contribution in [1.82, 2.24) is 9.80 Å². The van der Waals surface area contributed by atoms with E-state index >= 15 is 0 Å². The highest BCUT2D eigenvalue weighted by atomic mass is 16.5. The largest absolute Gasteiger partial charge is 0.377 e. The third-order valence-electron chi connectivity index (χ3n) is 4.14. The summed E-state index contributed by atoms with van der Waals surface area (Å²) in [6.45, 7) is 11.2. The molecule has 2 aliphatic rings. The van der Waals surface area contributed by atoms with Crippen LogP contribution in [0.5, 0.6) is 0 Å². The standard InChI is InChI=1S/C14H29N3O/c1-13(10-15)11-16-5-3-6-17(8-7-16)12-14-4-2-9-18-14/h13-14H,2-12,15H2,1H3. The first-order chi connectivity index (χ1) is 8.78. The second-order valence-electron chi connectivity index (χ2n) is 5.93. The molecule has 4 nitrogen and oxygen atoms in total. The van der Waals surface area contributed by atoms with Crippen molar-refractivity contribution in [1.29, 1.82) is 0 Å². The molecule has 0 bridgehead atoms. The maximum atomic E-state index is 5.73. The van der Waals surface area contributed by atoms with Crippen molar-refractivity contribution in [2.75, 3.05) is 52.4 Å². The number of rotatable bonds is 5. The van der Waals surface area contributed by atoms with E-state index in [0.717, 1.165) is 26.2 Å². The molecule has 0 aromatic carbocycles. The lowest BCUT2D eigenvalue weighted by Gasteiger charge is -2.25. The van der Waals surface area contributed by atoms with Gasteiger partial charge in [-0.1, -0.05) is 6.92 Å². The Balaban J connectivity index is 1.70. The summed E-state index contributed by atoms with van der Waals surface area (Å²) in [5.74, 6) is 0.620. The van der Waals surface area contributed by atoms with Crippen LogP contribution < -0.4 is 5.73 Å². The number of nitrogens with zero attached hydrogens (tertiary/aromatic N) is 2. The van der Waals surface area contributed by atoms with Gasteiger partial charge in [0.1, 0.15) is 0 Å². The maximum Gasteiger partial charge on any atom is 0.0702 e. The van der Waals surface area contributed by atoms with Crippen LogP contribution in [0, 0.1) is 5.92 Å². The van der Waals surface area contributed by atoms with Crippen molar-refractivity contribution in [2.45, 2.75) is 32.3 Å². The van der Waals surface area contributed by atoms with Crippen LogP contribution in [-0.2, 0) is 4.74 Å². The number of nitrogens with two attached hydrogens (primary N) is 1. The summed E-state index contributed by atoms with van der Waals surface area (Å²) in [4.78, 5) is 5.16. The Kier molecular flexibility index (Phi) is 5.89. The highest BCUT2D eigenvalue weighted by Gasteiger charge is 2.21. The van der Waals surface area contributed by atoms with E-state index in [0.29, 0.717) is 12.0 Å². The summed E-state index contributed by atoms with van der Waals surface area (Å²) in [5.41, 5.74) is 5.71. The van der Waals surface area contributed by atoms with E-state index < -0.39 is 0 Å². The van der Waals surface area contributed by atoms with Gasteiger partial charge in [0.15, 0.2) is 0 Å². The fraction of sp³-hybridized carbons (Fsp3) is 1.00. The first kappa shape index (κ1) is 14.3. The molecule has 2 atom stereocenters. The monoisotopic (exact) mass is 255 g/mol. The topological polar surface area (TPSA) is 41.7 Å². The van der Waals surface area contributed by atoms with Gasteiger partial charge in [-0.15, -0.1) is 0 Å². The average molecular weight is 255 g/mol. The van der Waals surface area contributed by atoms with Crippen LogP contribution in [0.25, 0.3) is 0 Å². The molecule has 0 aromatic rings. The molecule has 0 aromatic heterocycles. The molecule has 0 aliphatic carbocycles. The van der Waals surface area contributed by atoms with Crippen LogP contribution in [0.1, 0.15) is 26.2 Å². The lowest BCUT2D eigenvalue weighted by atomic mass is 10.1. The molecule has 0 saturated carbocycles. The van der Waals surface area contributed by atoms with Crippen LogP contribution in [0.3, 0.4) is 0 Å². The van der Waals surface area contributed by atoms with E-state index in [9.17, 15) is 0 Å². The van der Waals surface area contributed by atoms with Gasteiger partial charge in [0.2, 0.25) is 0 Å². The van der Waals surface area contributed by atoms with Gasteiger partial charge in [0.05, 0.1) is 6.10 Å². The molecule has 2 heterocycles. The number of hydrogen-bond donors (Lipinski definition) is 1. The van der Waals surface area contributed by atoms with Crippen LogP contribution in [0.2, 0.25) is 0 Å². The van der Waals surface area contributed by atoms with Crippen molar-refractivity contribution in [3.63, 3.8) is 0 Å². The third kappa shape index (κ3) is 4.50. The van der Waals surface area contributed by atoms with E-state index in [2.05, 4.69) is 16.7 Å². The molecule has 4 heteroatoms. The zero-order chi connectivity index (χ0) is 12.8. The average Bonchev–Trinajstić information content (AvgIpc) is 2.78. The SMILES string of the molecule is CC(CN)CN1CCCN(CC2CCCO2)CC1. The first-order valence-corrected chi connectivity index (χ1v) is 7.54. The minimum atomic E-state index is 0.500. The van der Waals surface area contributed by atoms with Gasteiger partial charge < -0.3 is 15.4 Å². The Hall–Kier alpha value is -0.160. The zero-order valence-corrected chi connectivity index (χ0v) is 11.8. The van der Waals surface area contributed by atoms with Crippen molar-refractivity contribution in [3.05, 3.63) is 0 Å². The molecule has 0 radical (unpaired) electrons. The van der Waals surface area contributed by atoms with Gasteiger partial charge in [0, 0.05) is 32.8 Å². The maximum absolute atomic E-state index is 5.73. The lowest BCUT2D eigenvalue weighted by molar-refractivity contribution is 0.0741. The van der Waals surface area contributed by atoms with Crippen LogP contribution in [-0.4, -0.2) is 68.3 Å². The highest BCUT2D eigenvalue weighted by Crippen LogP contribution is 2.14. The van der Waals surface area contributed by atoms with E-state index in [1.165, 1.54) is 45.4 Å². The van der Waals surface area contributed by atoms with E-state index in [4.69, 9.17) is 10.5 Å². The van der Waals surface area contributed by atoms with Crippen LogP contribution in [0.15, 0.2) is 0 Å². The Bertz CT molecular complexity index is 231. The van der Waals surface area contributed by atoms with Crippen molar-refractivity contribution in [2.24, 2.45) is 11.7 Å². The molecular formula is C14H29N3O. The molecule has 2 N–H and O–H groups in total. The summed E-state index contributed by atoms with van der Waals surface area (Å²) in [6.07, 6.45) is 4.28. The Morgan fingerprint density at radius 3 is 2.67 bits per heavy atom. The lowest BCUT2D eigenvalue weighted by Crippen LogP contribution is -2.37. The molecule has 2 aliphatic heterocycles. The van der Waals surface area contributed by atoms with Crippen LogP contribution in [0.4, 0.5) is 0 Å². The molecule has 2 rings (SSSR count). The van der Waals surface area contributed by atoms with Crippen molar-refractivity contribution in [3.8, 4) is 0 Å². The molecule has 2 unspecified atom stereocenters. The minimum Gasteiger partial charge on any atom is -0.377 e. The van der Waals surface area contributed by atoms with Gasteiger partial charge in [-0.3, -0.25) is 4.90 Å². The smallest absolute Gasteiger partial charge is 0.0702 e. The molecular weight excluding hydrogens is 226 g/mol. The Morgan fingerprint density at radius 1 is 1.17 bits per heavy atom. The second kappa shape index (κ2) is 7.43. The number of hydrogen-bond acceptors (Lipinski definition) is 4. The summed E-state index contributed by atoms with van der Waals surface area (Å²) in [6, 6.07) is 0. The predicted molar refractivity (Wildman–Crippen MR) is 74.7 cm³/mol. The molecule has 2 saturated heterocycles. The fourth-order valence-corrected chi connectivity index (χ4v) is 2.98. The van der Waals surface area contributed by atoms with Gasteiger partial charge in [0.25, 0.3) is 0 Å². The third-order valence-corrected chi connectivity index (χ3v) is 4.14. The zero-order valence-electron chi connectivity index (χ0n) is 11.8. The van der Waals surface area contributed by atoms with Crippen molar-refractivity contribution >= 4 is 0 Å². The molecule has 0 amide bonds. The summed E-state index contributed by atoms with van der Waals surface area (Å²) < 4.78 is 5.73. The first-order valence-electron chi connectivity index (χ1n) is 7.54. The second-order valence-corrected chi connectivity index (χ2v) is 5.93. The quantitative estimate of drug-likeness (QED) is 0.788. The highest BCUT2D eigenvalue weighted by molar-refractivity contribution is 4.75. The molecule has 106 valence electrons. The van der Waals surface area contributed by atoms with E-state index in [1.807, 2.05) is 0 Å². The Labute approximate surface area is 111 Å². The van der Waals surface area contributed by atoms with Gasteiger partial charge >= 0.3 is 0 Å².